The first-order valence-electron chi connectivity index (χ1n) is 10.5. The van der Waals surface area contributed by atoms with Gasteiger partial charge in [-0.25, -0.2) is 14.6 Å². The monoisotopic (exact) mass is 430 g/mol. The second kappa shape index (κ2) is 9.36. The van der Waals surface area contributed by atoms with Crippen molar-refractivity contribution < 1.29 is 24.2 Å². The molecule has 1 atom stereocenters. The molecule has 1 saturated heterocycles. The highest BCUT2D eigenvalue weighted by Gasteiger charge is 2.28. The number of hydrogen-bond donors (Lipinski definition) is 1. The predicted molar refractivity (Wildman–Crippen MR) is 115 cm³/mol. The van der Waals surface area contributed by atoms with Crippen molar-refractivity contribution in [3.8, 4) is 5.88 Å². The average molecular weight is 431 g/mol. The summed E-state index contributed by atoms with van der Waals surface area (Å²) in [7, 11) is 0. The van der Waals surface area contributed by atoms with E-state index in [1.807, 2.05) is 38.7 Å². The number of allylic oxidation sites excluding steroid dienone is 2. The molecule has 0 aromatic carbocycles. The maximum absolute atomic E-state index is 12.2. The fraction of sp³-hybridized carbons (Fsp3) is 0.545. The van der Waals surface area contributed by atoms with Crippen molar-refractivity contribution in [1.82, 2.24) is 14.9 Å². The maximum Gasteiger partial charge on any atom is 0.410 e. The molecule has 0 radical (unpaired) electrons. The number of piperazine rings is 1. The van der Waals surface area contributed by atoms with Crippen LogP contribution in [-0.4, -0.2) is 69.9 Å². The Kier molecular flexibility index (Phi) is 6.82. The van der Waals surface area contributed by atoms with Crippen molar-refractivity contribution in [1.29, 1.82) is 0 Å². The van der Waals surface area contributed by atoms with E-state index >= 15 is 0 Å². The topological polar surface area (TPSA) is 105 Å². The van der Waals surface area contributed by atoms with Crippen molar-refractivity contribution in [3.63, 3.8) is 0 Å². The van der Waals surface area contributed by atoms with Gasteiger partial charge in [0.1, 0.15) is 11.7 Å². The molecule has 2 aliphatic rings. The smallest absolute Gasteiger partial charge is 0.410 e. The van der Waals surface area contributed by atoms with Crippen LogP contribution < -0.4 is 9.64 Å². The van der Waals surface area contributed by atoms with Crippen LogP contribution in [0.4, 0.5) is 10.7 Å². The Morgan fingerprint density at radius 2 is 1.90 bits per heavy atom. The number of aromatic nitrogens is 2. The molecule has 1 aliphatic heterocycles. The predicted octanol–water partition coefficient (Wildman–Crippen LogP) is 3.03. The molecule has 1 aromatic heterocycles. The molecular formula is C22H30N4O5. The molecule has 0 bridgehead atoms. The summed E-state index contributed by atoms with van der Waals surface area (Å²) in [5.74, 6) is -0.0185. The van der Waals surface area contributed by atoms with E-state index in [9.17, 15) is 14.7 Å². The molecule has 1 amide bonds. The number of hydrogen-bond acceptors (Lipinski definition) is 7. The fourth-order valence-corrected chi connectivity index (χ4v) is 3.45. The van der Waals surface area contributed by atoms with Gasteiger partial charge in [-0.1, -0.05) is 19.1 Å². The quantitative estimate of drug-likeness (QED) is 0.760. The summed E-state index contributed by atoms with van der Waals surface area (Å²) in [6, 6.07) is 1.67. The molecule has 1 aromatic rings. The van der Waals surface area contributed by atoms with Gasteiger partial charge in [0.25, 0.3) is 0 Å². The minimum absolute atomic E-state index is 0.295. The minimum Gasteiger partial charge on any atom is -0.478 e. The van der Waals surface area contributed by atoms with Crippen molar-refractivity contribution in [3.05, 3.63) is 35.6 Å². The van der Waals surface area contributed by atoms with Gasteiger partial charge in [-0.2, -0.15) is 4.98 Å². The van der Waals surface area contributed by atoms with Crippen molar-refractivity contribution in [2.75, 3.05) is 31.1 Å². The Morgan fingerprint density at radius 1 is 1.19 bits per heavy atom. The molecule has 9 heteroatoms. The summed E-state index contributed by atoms with van der Waals surface area (Å²) in [5, 5.41) is 9.30. The molecule has 1 aliphatic carbocycles. The lowest BCUT2D eigenvalue weighted by atomic mass is 9.94. The molecular weight excluding hydrogens is 400 g/mol. The van der Waals surface area contributed by atoms with Crippen molar-refractivity contribution >= 4 is 18.0 Å². The molecule has 3 rings (SSSR count). The van der Waals surface area contributed by atoms with Crippen LogP contribution in [0.5, 0.6) is 5.88 Å². The van der Waals surface area contributed by atoms with Gasteiger partial charge in [0, 0.05) is 50.4 Å². The summed E-state index contributed by atoms with van der Waals surface area (Å²) in [6.45, 7) is 9.75. The molecule has 31 heavy (non-hydrogen) atoms. The third kappa shape index (κ3) is 5.96. The highest BCUT2D eigenvalue weighted by Crippen LogP contribution is 2.26. The van der Waals surface area contributed by atoms with Crippen LogP contribution in [0, 0.1) is 0 Å². The lowest BCUT2D eigenvalue weighted by molar-refractivity contribution is -0.133. The molecule has 1 N–H and O–H groups in total. The van der Waals surface area contributed by atoms with Crippen LogP contribution in [0.2, 0.25) is 0 Å². The fourth-order valence-electron chi connectivity index (χ4n) is 3.45. The van der Waals surface area contributed by atoms with E-state index < -0.39 is 11.6 Å². The van der Waals surface area contributed by atoms with Crippen LogP contribution in [0.25, 0.3) is 0 Å². The maximum atomic E-state index is 12.2. The minimum atomic E-state index is -0.939. The number of carbonyl (C=O) groups excluding carboxylic acids is 1. The lowest BCUT2D eigenvalue weighted by Crippen LogP contribution is -2.50. The second-order valence-electron chi connectivity index (χ2n) is 8.55. The first kappa shape index (κ1) is 22.6. The van der Waals surface area contributed by atoms with Gasteiger partial charge < -0.3 is 24.4 Å². The highest BCUT2D eigenvalue weighted by atomic mass is 16.6. The lowest BCUT2D eigenvalue weighted by Gasteiger charge is -2.35. The molecule has 1 fully saturated rings. The molecule has 0 saturated carbocycles. The number of ether oxygens (including phenoxy) is 2. The van der Waals surface area contributed by atoms with Crippen LogP contribution >= 0.6 is 0 Å². The molecule has 9 nitrogen and oxygen atoms in total. The van der Waals surface area contributed by atoms with E-state index in [1.54, 1.807) is 23.2 Å². The van der Waals surface area contributed by atoms with Gasteiger partial charge in [-0.05, 0) is 32.8 Å². The number of rotatable bonds is 5. The Hall–Kier alpha value is -3.10. The zero-order valence-corrected chi connectivity index (χ0v) is 18.5. The Labute approximate surface area is 182 Å². The number of amides is 1. The summed E-state index contributed by atoms with van der Waals surface area (Å²) in [6.07, 6.45) is 5.45. The molecule has 168 valence electrons. The summed E-state index contributed by atoms with van der Waals surface area (Å²) >= 11 is 0. The van der Waals surface area contributed by atoms with E-state index in [0.29, 0.717) is 50.0 Å². The van der Waals surface area contributed by atoms with Gasteiger partial charge >= 0.3 is 12.1 Å². The standard InChI is InChI=1S/C22H30N4O5/c1-5-15-6-7-16(19(27)28)14-17(15)30-18-8-9-23-20(24-18)25-10-12-26(13-11-25)21(29)31-22(2,3)4/h6-9,17H,5,10-14H2,1-4H3,(H,27,28). The van der Waals surface area contributed by atoms with Gasteiger partial charge in [0.2, 0.25) is 11.8 Å². The number of carbonyl (C=O) groups is 2. The summed E-state index contributed by atoms with van der Waals surface area (Å²) < 4.78 is 11.5. The van der Waals surface area contributed by atoms with Crippen LogP contribution in [0.3, 0.4) is 0 Å². The third-order valence-corrected chi connectivity index (χ3v) is 5.09. The van der Waals surface area contributed by atoms with Gasteiger partial charge in [-0.15, -0.1) is 0 Å². The van der Waals surface area contributed by atoms with Gasteiger partial charge in [-0.3, -0.25) is 0 Å². The van der Waals surface area contributed by atoms with Gasteiger partial charge in [0.15, 0.2) is 0 Å². The zero-order valence-electron chi connectivity index (χ0n) is 18.5. The van der Waals surface area contributed by atoms with E-state index in [4.69, 9.17) is 9.47 Å². The van der Waals surface area contributed by atoms with Crippen molar-refractivity contribution in [2.24, 2.45) is 0 Å². The second-order valence-corrected chi connectivity index (χ2v) is 8.55. The first-order chi connectivity index (χ1) is 14.7. The number of carboxylic acid groups (broad SMARTS) is 1. The third-order valence-electron chi connectivity index (χ3n) is 5.09. The zero-order chi connectivity index (χ0) is 22.6. The van der Waals surface area contributed by atoms with Gasteiger partial charge in [0.05, 0.1) is 0 Å². The van der Waals surface area contributed by atoms with E-state index in [0.717, 1.165) is 12.0 Å². The first-order valence-corrected chi connectivity index (χ1v) is 10.5. The Balaban J connectivity index is 1.62. The van der Waals surface area contributed by atoms with E-state index in [1.165, 1.54) is 0 Å². The largest absolute Gasteiger partial charge is 0.478 e. The van der Waals surface area contributed by atoms with Crippen molar-refractivity contribution in [2.45, 2.75) is 52.2 Å². The average Bonchev–Trinajstić information content (AvgIpc) is 2.73. The number of carboxylic acids is 1. The Morgan fingerprint density at radius 3 is 2.52 bits per heavy atom. The number of aliphatic carboxylic acids is 1. The van der Waals surface area contributed by atoms with Crippen LogP contribution in [0.1, 0.15) is 40.5 Å². The van der Waals surface area contributed by atoms with Crippen LogP contribution in [-0.2, 0) is 9.53 Å². The highest BCUT2D eigenvalue weighted by molar-refractivity contribution is 5.87. The molecule has 2 heterocycles. The summed E-state index contributed by atoms with van der Waals surface area (Å²) in [5.41, 5.74) is 0.815. The number of anilines is 1. The summed E-state index contributed by atoms with van der Waals surface area (Å²) in [4.78, 5) is 36.1. The number of nitrogens with zero attached hydrogens (tertiary/aromatic N) is 4. The van der Waals surface area contributed by atoms with E-state index in [2.05, 4.69) is 9.97 Å². The Bertz CT molecular complexity index is 882. The normalized spacial score (nSPS) is 19.4. The molecule has 1 unspecified atom stereocenters. The molecule has 0 spiro atoms. The SMILES string of the molecule is CCC1=CC=C(C(=O)O)CC1Oc1ccnc(N2CCN(C(=O)OC(C)(C)C)CC2)n1. The van der Waals surface area contributed by atoms with E-state index in [-0.39, 0.29) is 12.2 Å². The van der Waals surface area contributed by atoms with Crippen LogP contribution in [0.15, 0.2) is 35.6 Å².